The molecule has 1 N–H and O–H groups in total. The molecule has 3 atom stereocenters. The summed E-state index contributed by atoms with van der Waals surface area (Å²) in [6.07, 6.45) is 3.31. The van der Waals surface area contributed by atoms with Crippen LogP contribution < -0.4 is 5.32 Å². The SMILES string of the molecule is CNC1CCC(S(=O)c2cccs2)C1. The van der Waals surface area contributed by atoms with Crippen LogP contribution in [0.5, 0.6) is 0 Å². The van der Waals surface area contributed by atoms with Crippen molar-refractivity contribution in [3.63, 3.8) is 0 Å². The largest absolute Gasteiger partial charge is 0.317 e. The highest BCUT2D eigenvalue weighted by molar-refractivity contribution is 7.87. The van der Waals surface area contributed by atoms with Gasteiger partial charge in [-0.15, -0.1) is 11.3 Å². The summed E-state index contributed by atoms with van der Waals surface area (Å²) >= 11 is 1.61. The number of thiophene rings is 1. The Morgan fingerprint density at radius 1 is 1.57 bits per heavy atom. The summed E-state index contributed by atoms with van der Waals surface area (Å²) in [5.41, 5.74) is 0. The molecule has 1 aliphatic carbocycles. The lowest BCUT2D eigenvalue weighted by atomic mass is 10.3. The van der Waals surface area contributed by atoms with Gasteiger partial charge >= 0.3 is 0 Å². The first kappa shape index (κ1) is 10.3. The average molecular weight is 229 g/mol. The minimum Gasteiger partial charge on any atom is -0.317 e. The van der Waals surface area contributed by atoms with E-state index in [1.54, 1.807) is 11.3 Å². The predicted molar refractivity (Wildman–Crippen MR) is 61.2 cm³/mol. The van der Waals surface area contributed by atoms with Gasteiger partial charge in [0, 0.05) is 11.3 Å². The normalized spacial score (nSPS) is 29.2. The Bertz CT molecular complexity index is 310. The van der Waals surface area contributed by atoms with Crippen molar-refractivity contribution in [2.75, 3.05) is 7.05 Å². The van der Waals surface area contributed by atoms with Gasteiger partial charge in [-0.25, -0.2) is 0 Å². The van der Waals surface area contributed by atoms with Crippen LogP contribution in [0.25, 0.3) is 0 Å². The highest BCUT2D eigenvalue weighted by Gasteiger charge is 2.28. The molecule has 0 spiro atoms. The molecular formula is C10H15NOS2. The Balaban J connectivity index is 2.00. The summed E-state index contributed by atoms with van der Waals surface area (Å²) in [5.74, 6) is 0. The van der Waals surface area contributed by atoms with Crippen molar-refractivity contribution < 1.29 is 4.21 Å². The van der Waals surface area contributed by atoms with E-state index in [0.717, 1.165) is 23.5 Å². The molecule has 0 bridgehead atoms. The second-order valence-corrected chi connectivity index (χ2v) is 6.56. The maximum absolute atomic E-state index is 12.1. The first-order valence-corrected chi connectivity index (χ1v) is 7.02. The van der Waals surface area contributed by atoms with E-state index in [-0.39, 0.29) is 0 Å². The summed E-state index contributed by atoms with van der Waals surface area (Å²) in [6, 6.07) is 4.53. The molecule has 4 heteroatoms. The van der Waals surface area contributed by atoms with Crippen molar-refractivity contribution in [2.45, 2.75) is 34.8 Å². The zero-order chi connectivity index (χ0) is 9.97. The highest BCUT2D eigenvalue weighted by Crippen LogP contribution is 2.28. The van der Waals surface area contributed by atoms with E-state index in [0.29, 0.717) is 11.3 Å². The molecule has 3 unspecified atom stereocenters. The molecular weight excluding hydrogens is 214 g/mol. The molecule has 0 radical (unpaired) electrons. The van der Waals surface area contributed by atoms with Gasteiger partial charge in [-0.05, 0) is 37.8 Å². The van der Waals surface area contributed by atoms with Crippen LogP contribution in [0, 0.1) is 0 Å². The summed E-state index contributed by atoms with van der Waals surface area (Å²) in [4.78, 5) is 0. The minimum absolute atomic E-state index is 0.367. The maximum atomic E-state index is 12.1. The van der Waals surface area contributed by atoms with Gasteiger partial charge in [0.1, 0.15) is 0 Å². The highest BCUT2D eigenvalue weighted by atomic mass is 32.2. The van der Waals surface area contributed by atoms with Crippen molar-refractivity contribution in [1.82, 2.24) is 5.32 Å². The van der Waals surface area contributed by atoms with Crippen LogP contribution in [0.2, 0.25) is 0 Å². The van der Waals surface area contributed by atoms with Crippen LogP contribution in [-0.4, -0.2) is 22.5 Å². The molecule has 0 aliphatic heterocycles. The lowest BCUT2D eigenvalue weighted by Crippen LogP contribution is -2.23. The lowest BCUT2D eigenvalue weighted by molar-refractivity contribution is 0.581. The molecule has 0 aromatic carbocycles. The molecule has 78 valence electrons. The number of rotatable bonds is 3. The first-order chi connectivity index (χ1) is 6.81. The number of nitrogens with one attached hydrogen (secondary N) is 1. The van der Waals surface area contributed by atoms with E-state index >= 15 is 0 Å². The number of hydrogen-bond acceptors (Lipinski definition) is 3. The lowest BCUT2D eigenvalue weighted by Gasteiger charge is -2.09. The van der Waals surface area contributed by atoms with Gasteiger partial charge in [0.2, 0.25) is 0 Å². The summed E-state index contributed by atoms with van der Waals surface area (Å²) in [5, 5.41) is 5.63. The van der Waals surface area contributed by atoms with Crippen LogP contribution in [0.1, 0.15) is 19.3 Å². The first-order valence-electron chi connectivity index (χ1n) is 4.92. The van der Waals surface area contributed by atoms with E-state index in [1.165, 1.54) is 0 Å². The Kier molecular flexibility index (Phi) is 3.36. The molecule has 1 saturated carbocycles. The second kappa shape index (κ2) is 4.55. The molecule has 1 aromatic heterocycles. The Morgan fingerprint density at radius 3 is 3.00 bits per heavy atom. The fourth-order valence-electron chi connectivity index (χ4n) is 1.94. The van der Waals surface area contributed by atoms with Crippen molar-refractivity contribution in [1.29, 1.82) is 0 Å². The zero-order valence-corrected chi connectivity index (χ0v) is 9.87. The van der Waals surface area contributed by atoms with Gasteiger partial charge in [0.25, 0.3) is 0 Å². The third-order valence-electron chi connectivity index (χ3n) is 2.79. The quantitative estimate of drug-likeness (QED) is 0.859. The van der Waals surface area contributed by atoms with Crippen molar-refractivity contribution >= 4 is 22.1 Å². The monoisotopic (exact) mass is 229 g/mol. The molecule has 1 fully saturated rings. The maximum Gasteiger partial charge on any atom is 0.0913 e. The van der Waals surface area contributed by atoms with Crippen LogP contribution in [-0.2, 0) is 10.8 Å². The molecule has 1 aliphatic rings. The fraction of sp³-hybridized carbons (Fsp3) is 0.600. The molecule has 0 saturated heterocycles. The van der Waals surface area contributed by atoms with Gasteiger partial charge in [-0.2, -0.15) is 0 Å². The summed E-state index contributed by atoms with van der Waals surface area (Å²) in [7, 11) is 1.22. The predicted octanol–water partition coefficient (Wildman–Crippen LogP) is 2.00. The Labute approximate surface area is 91.2 Å². The van der Waals surface area contributed by atoms with Crippen LogP contribution in [0.4, 0.5) is 0 Å². The Hall–Kier alpha value is -0.190. The fourth-order valence-corrected chi connectivity index (χ4v) is 4.64. The van der Waals surface area contributed by atoms with E-state index in [4.69, 9.17) is 0 Å². The van der Waals surface area contributed by atoms with E-state index in [2.05, 4.69) is 5.32 Å². The van der Waals surface area contributed by atoms with Gasteiger partial charge < -0.3 is 5.32 Å². The zero-order valence-electron chi connectivity index (χ0n) is 8.23. The van der Waals surface area contributed by atoms with Gasteiger partial charge in [-0.3, -0.25) is 4.21 Å². The molecule has 1 heterocycles. The molecule has 2 rings (SSSR count). The summed E-state index contributed by atoms with van der Waals surface area (Å²) < 4.78 is 13.1. The third-order valence-corrected chi connectivity index (χ3v) is 5.80. The van der Waals surface area contributed by atoms with Crippen molar-refractivity contribution in [3.8, 4) is 0 Å². The third kappa shape index (κ3) is 2.07. The van der Waals surface area contributed by atoms with Gasteiger partial charge in [0.05, 0.1) is 15.0 Å². The smallest absolute Gasteiger partial charge is 0.0913 e. The summed E-state index contributed by atoms with van der Waals surface area (Å²) in [6.45, 7) is 0. The molecule has 14 heavy (non-hydrogen) atoms. The molecule has 0 amide bonds. The minimum atomic E-state index is -0.771. The van der Waals surface area contributed by atoms with Crippen LogP contribution in [0.15, 0.2) is 21.7 Å². The van der Waals surface area contributed by atoms with Crippen molar-refractivity contribution in [2.24, 2.45) is 0 Å². The van der Waals surface area contributed by atoms with Crippen molar-refractivity contribution in [3.05, 3.63) is 17.5 Å². The Morgan fingerprint density at radius 2 is 2.43 bits per heavy atom. The molecule has 1 aromatic rings. The van der Waals surface area contributed by atoms with E-state index in [9.17, 15) is 4.21 Å². The van der Waals surface area contributed by atoms with E-state index < -0.39 is 10.8 Å². The van der Waals surface area contributed by atoms with Crippen LogP contribution >= 0.6 is 11.3 Å². The topological polar surface area (TPSA) is 29.1 Å². The average Bonchev–Trinajstić information content (AvgIpc) is 2.88. The van der Waals surface area contributed by atoms with E-state index in [1.807, 2.05) is 24.6 Å². The second-order valence-electron chi connectivity index (χ2n) is 3.65. The van der Waals surface area contributed by atoms with Gasteiger partial charge in [0.15, 0.2) is 0 Å². The number of hydrogen-bond donors (Lipinski definition) is 1. The molecule has 2 nitrogen and oxygen atoms in total. The van der Waals surface area contributed by atoms with Crippen LogP contribution in [0.3, 0.4) is 0 Å². The standard InChI is InChI=1S/C10H15NOS2/c1-11-8-4-5-9(7-8)14(12)10-3-2-6-13-10/h2-3,6,8-9,11H,4-5,7H2,1H3. The van der Waals surface area contributed by atoms with Gasteiger partial charge in [-0.1, -0.05) is 6.07 Å².